The third kappa shape index (κ3) is 7.95. The number of methoxy groups -OCH3 is 2. The number of rotatable bonds is 13. The number of benzene rings is 3. The smallest absolute Gasteiger partial charge is 0.341 e. The van der Waals surface area contributed by atoms with Crippen LogP contribution in [0, 0.1) is 0 Å². The van der Waals surface area contributed by atoms with Gasteiger partial charge in [-0.3, -0.25) is 4.79 Å². The lowest BCUT2D eigenvalue weighted by Gasteiger charge is -2.34. The number of carboxylic acids is 1. The molecule has 0 spiro atoms. The molecule has 10 nitrogen and oxygen atoms in total. The minimum absolute atomic E-state index is 0.0406. The molecule has 0 aliphatic carbocycles. The Kier molecular flexibility index (Phi) is 11.4. The van der Waals surface area contributed by atoms with Gasteiger partial charge >= 0.3 is 11.9 Å². The van der Waals surface area contributed by atoms with Crippen LogP contribution in [-0.4, -0.2) is 63.2 Å². The van der Waals surface area contributed by atoms with Gasteiger partial charge in [0.1, 0.15) is 22.8 Å². The number of piperidine rings is 1. The standard InChI is InChI=1S/C31H33Cl2NO9S/c1-40-27-15-13-20(17-28(27)41-2)12-14-26(21-7-5-8-22(18-21)42-19-29(35)36)43-31(37)25-11-3-4-16-34(25)44(38,39)30-23(32)9-6-10-24(30)33/h5-10,13,15,17-18,25-26H,3-4,11-12,14,16,19H2,1-2H3,(H,35,36)/t25-,26+/m0/s1. The predicted octanol–water partition coefficient (Wildman–Crippen LogP) is 5.93. The van der Waals surface area contributed by atoms with Gasteiger partial charge in [-0.1, -0.05) is 47.5 Å². The molecule has 1 fully saturated rings. The van der Waals surface area contributed by atoms with E-state index in [1.807, 2.05) is 12.1 Å². The first-order valence-corrected chi connectivity index (χ1v) is 16.1. The molecule has 2 atom stereocenters. The van der Waals surface area contributed by atoms with Crippen molar-refractivity contribution >= 4 is 45.2 Å². The van der Waals surface area contributed by atoms with Crippen LogP contribution >= 0.6 is 23.2 Å². The number of carboxylic acid groups (broad SMARTS) is 1. The molecule has 3 aromatic rings. The second-order valence-electron chi connectivity index (χ2n) is 10.1. The molecule has 1 N–H and O–H groups in total. The summed E-state index contributed by atoms with van der Waals surface area (Å²) in [5, 5.41) is 8.95. The average Bonchev–Trinajstić information content (AvgIpc) is 3.01. The van der Waals surface area contributed by atoms with Crippen molar-refractivity contribution in [3.05, 3.63) is 81.8 Å². The van der Waals surface area contributed by atoms with Gasteiger partial charge in [0.25, 0.3) is 0 Å². The number of nitrogens with zero attached hydrogens (tertiary/aromatic N) is 1. The summed E-state index contributed by atoms with van der Waals surface area (Å²) in [5.74, 6) is -0.453. The lowest BCUT2D eigenvalue weighted by Crippen LogP contribution is -2.48. The number of hydrogen-bond acceptors (Lipinski definition) is 8. The Balaban J connectivity index is 1.63. The lowest BCUT2D eigenvalue weighted by molar-refractivity contribution is -0.155. The van der Waals surface area contributed by atoms with Gasteiger partial charge in [0.2, 0.25) is 10.0 Å². The van der Waals surface area contributed by atoms with E-state index in [1.165, 1.54) is 19.2 Å². The molecule has 236 valence electrons. The van der Waals surface area contributed by atoms with Crippen molar-refractivity contribution in [2.75, 3.05) is 27.4 Å². The summed E-state index contributed by atoms with van der Waals surface area (Å²) >= 11 is 12.5. The summed E-state index contributed by atoms with van der Waals surface area (Å²) in [5.41, 5.74) is 1.44. The van der Waals surface area contributed by atoms with E-state index in [9.17, 15) is 18.0 Å². The zero-order valence-corrected chi connectivity index (χ0v) is 26.5. The van der Waals surface area contributed by atoms with E-state index < -0.39 is 40.7 Å². The third-order valence-electron chi connectivity index (χ3n) is 7.21. The largest absolute Gasteiger partial charge is 0.493 e. The van der Waals surface area contributed by atoms with Crippen molar-refractivity contribution in [3.63, 3.8) is 0 Å². The first-order chi connectivity index (χ1) is 21.0. The number of aliphatic carboxylic acids is 1. The van der Waals surface area contributed by atoms with E-state index in [0.29, 0.717) is 42.7 Å². The molecule has 1 saturated heterocycles. The van der Waals surface area contributed by atoms with Crippen molar-refractivity contribution in [1.82, 2.24) is 4.31 Å². The fraction of sp³-hybridized carbons (Fsp3) is 0.355. The highest BCUT2D eigenvalue weighted by Crippen LogP contribution is 2.36. The molecule has 1 aliphatic heterocycles. The van der Waals surface area contributed by atoms with Crippen LogP contribution in [0.3, 0.4) is 0 Å². The maximum absolute atomic E-state index is 13.8. The number of carbonyl (C=O) groups is 2. The first-order valence-electron chi connectivity index (χ1n) is 13.9. The average molecular weight is 667 g/mol. The highest BCUT2D eigenvalue weighted by atomic mass is 35.5. The summed E-state index contributed by atoms with van der Waals surface area (Å²) in [6.07, 6.45) is 1.39. The monoisotopic (exact) mass is 665 g/mol. The van der Waals surface area contributed by atoms with Gasteiger partial charge in [-0.05, 0) is 79.6 Å². The normalized spacial score (nSPS) is 16.1. The van der Waals surface area contributed by atoms with Crippen LogP contribution in [0.2, 0.25) is 10.0 Å². The van der Waals surface area contributed by atoms with Gasteiger partial charge < -0.3 is 24.1 Å². The number of carbonyl (C=O) groups excluding carboxylic acids is 1. The van der Waals surface area contributed by atoms with Crippen LogP contribution in [0.25, 0.3) is 0 Å². The number of hydrogen-bond donors (Lipinski definition) is 1. The Labute approximate surface area is 266 Å². The molecule has 0 amide bonds. The highest BCUT2D eigenvalue weighted by Gasteiger charge is 2.41. The van der Waals surface area contributed by atoms with Crippen molar-refractivity contribution in [3.8, 4) is 17.2 Å². The number of aryl methyl sites for hydroxylation is 1. The first kappa shape index (κ1) is 33.4. The number of halogens is 2. The fourth-order valence-electron chi connectivity index (χ4n) is 5.07. The summed E-state index contributed by atoms with van der Waals surface area (Å²) in [7, 11) is -1.16. The van der Waals surface area contributed by atoms with Gasteiger partial charge in [0, 0.05) is 6.54 Å². The molecule has 13 heteroatoms. The molecule has 0 bridgehead atoms. The predicted molar refractivity (Wildman–Crippen MR) is 164 cm³/mol. The summed E-state index contributed by atoms with van der Waals surface area (Å²) in [6, 6.07) is 15.4. The molecule has 4 rings (SSSR count). The SMILES string of the molecule is COc1ccc(CC[C@@H](OC(=O)[C@@H]2CCCCN2S(=O)(=O)c2c(Cl)cccc2Cl)c2cccc(OCC(=O)O)c2)cc1OC. The second kappa shape index (κ2) is 15.0. The maximum atomic E-state index is 13.8. The summed E-state index contributed by atoms with van der Waals surface area (Å²) < 4.78 is 50.8. The Bertz CT molecular complexity index is 1580. The van der Waals surface area contributed by atoms with E-state index in [0.717, 1.165) is 9.87 Å². The zero-order chi connectivity index (χ0) is 31.9. The molecule has 1 aliphatic rings. The molecule has 0 saturated carbocycles. The van der Waals surface area contributed by atoms with Gasteiger partial charge in [-0.15, -0.1) is 0 Å². The zero-order valence-electron chi connectivity index (χ0n) is 24.2. The van der Waals surface area contributed by atoms with Crippen molar-refractivity contribution in [2.45, 2.75) is 49.1 Å². The molecule has 3 aromatic carbocycles. The molecule has 0 unspecified atom stereocenters. The van der Waals surface area contributed by atoms with Crippen molar-refractivity contribution < 1.29 is 42.1 Å². The number of esters is 1. The number of ether oxygens (including phenoxy) is 4. The van der Waals surface area contributed by atoms with E-state index in [-0.39, 0.29) is 33.7 Å². The molecule has 1 heterocycles. The Hall–Kier alpha value is -3.51. The van der Waals surface area contributed by atoms with E-state index in [1.54, 1.807) is 43.5 Å². The summed E-state index contributed by atoms with van der Waals surface area (Å²) in [6.45, 7) is -0.447. The fourth-order valence-corrected chi connectivity index (χ4v) is 7.81. The Morgan fingerprint density at radius 1 is 0.977 bits per heavy atom. The summed E-state index contributed by atoms with van der Waals surface area (Å²) in [4.78, 5) is 24.6. The molecular weight excluding hydrogens is 633 g/mol. The lowest BCUT2D eigenvalue weighted by atomic mass is 10.00. The van der Waals surface area contributed by atoms with Gasteiger partial charge in [-0.25, -0.2) is 13.2 Å². The maximum Gasteiger partial charge on any atom is 0.341 e. The molecule has 0 radical (unpaired) electrons. The van der Waals surface area contributed by atoms with Crippen LogP contribution in [-0.2, 0) is 30.8 Å². The number of sulfonamides is 1. The van der Waals surface area contributed by atoms with Crippen molar-refractivity contribution in [1.29, 1.82) is 0 Å². The minimum Gasteiger partial charge on any atom is -0.493 e. The Morgan fingerprint density at radius 3 is 2.36 bits per heavy atom. The second-order valence-corrected chi connectivity index (χ2v) is 12.7. The molecule has 0 aromatic heterocycles. The van der Waals surface area contributed by atoms with Crippen LogP contribution in [0.1, 0.15) is 42.9 Å². The van der Waals surface area contributed by atoms with E-state index in [2.05, 4.69) is 0 Å². The van der Waals surface area contributed by atoms with E-state index in [4.69, 9.17) is 47.3 Å². The van der Waals surface area contributed by atoms with Gasteiger partial charge in [-0.2, -0.15) is 4.31 Å². The van der Waals surface area contributed by atoms with Crippen LogP contribution in [0.4, 0.5) is 0 Å². The van der Waals surface area contributed by atoms with Crippen LogP contribution in [0.15, 0.2) is 65.6 Å². The van der Waals surface area contributed by atoms with Crippen LogP contribution < -0.4 is 14.2 Å². The van der Waals surface area contributed by atoms with Gasteiger partial charge in [0.05, 0.1) is 24.3 Å². The minimum atomic E-state index is -4.24. The highest BCUT2D eigenvalue weighted by molar-refractivity contribution is 7.89. The molecule has 44 heavy (non-hydrogen) atoms. The quantitative estimate of drug-likeness (QED) is 0.221. The van der Waals surface area contributed by atoms with Crippen molar-refractivity contribution in [2.24, 2.45) is 0 Å². The Morgan fingerprint density at radius 2 is 1.68 bits per heavy atom. The molecular formula is C31H33Cl2NO9S. The topological polar surface area (TPSA) is 129 Å². The van der Waals surface area contributed by atoms with E-state index >= 15 is 0 Å². The third-order valence-corrected chi connectivity index (χ3v) is 10.1. The van der Waals surface area contributed by atoms with Crippen LogP contribution in [0.5, 0.6) is 17.2 Å². The van der Waals surface area contributed by atoms with Gasteiger partial charge in [0.15, 0.2) is 18.1 Å².